The van der Waals surface area contributed by atoms with Crippen molar-refractivity contribution in [1.29, 1.82) is 0 Å². The van der Waals surface area contributed by atoms with Crippen molar-refractivity contribution in [3.63, 3.8) is 0 Å². The van der Waals surface area contributed by atoms with Gasteiger partial charge in [0.05, 0.1) is 6.61 Å². The van der Waals surface area contributed by atoms with Crippen LogP contribution in [0, 0.1) is 0 Å². The number of amides is 1. The number of aryl methyl sites for hydroxylation is 1. The molecule has 0 bridgehead atoms. The Hall–Kier alpha value is -2.30. The summed E-state index contributed by atoms with van der Waals surface area (Å²) >= 11 is 0. The van der Waals surface area contributed by atoms with Gasteiger partial charge >= 0.3 is 0 Å². The fourth-order valence-corrected chi connectivity index (χ4v) is 3.17. The summed E-state index contributed by atoms with van der Waals surface area (Å²) in [6.07, 6.45) is 1.83. The molecule has 1 atom stereocenters. The van der Waals surface area contributed by atoms with Crippen LogP contribution in [0.3, 0.4) is 0 Å². The summed E-state index contributed by atoms with van der Waals surface area (Å²) in [5, 5.41) is 4.40. The molecule has 0 aliphatic carbocycles. The lowest BCUT2D eigenvalue weighted by Gasteiger charge is -2.21. The Labute approximate surface area is 123 Å². The number of fused-ring (bicyclic) bond motifs is 2. The number of carbonyl (C=O) groups is 1. The van der Waals surface area contributed by atoms with Crippen molar-refractivity contribution < 1.29 is 9.53 Å². The number of ether oxygens (including phenoxy) is 1. The highest BCUT2D eigenvalue weighted by Crippen LogP contribution is 2.33. The number of carbonyl (C=O) groups excluding carboxylic acids is 1. The molecule has 0 N–H and O–H groups in total. The molecular formula is C16H17N3O2. The number of anilines is 1. The van der Waals surface area contributed by atoms with E-state index in [4.69, 9.17) is 4.74 Å². The van der Waals surface area contributed by atoms with E-state index in [1.165, 1.54) is 5.56 Å². The molecule has 0 radical (unpaired) electrons. The standard InChI is InChI=1S/C16H17N3O2/c1-11-9-12-5-2-3-6-14(12)19(11)16(20)13-10-15-18(17-13)7-4-8-21-15/h2-3,5-6,10-11H,4,7-9H2,1H3/t11-/m0/s1. The highest BCUT2D eigenvalue weighted by Gasteiger charge is 2.33. The molecule has 0 fully saturated rings. The Morgan fingerprint density at radius 1 is 1.38 bits per heavy atom. The number of benzene rings is 1. The maximum absolute atomic E-state index is 12.8. The zero-order valence-corrected chi connectivity index (χ0v) is 12.0. The molecule has 1 amide bonds. The van der Waals surface area contributed by atoms with E-state index in [-0.39, 0.29) is 11.9 Å². The molecule has 21 heavy (non-hydrogen) atoms. The van der Waals surface area contributed by atoms with Gasteiger partial charge in [0, 0.05) is 30.8 Å². The van der Waals surface area contributed by atoms with Gasteiger partial charge in [0.15, 0.2) is 5.69 Å². The molecule has 1 aromatic carbocycles. The summed E-state index contributed by atoms with van der Waals surface area (Å²) in [4.78, 5) is 14.7. The summed E-state index contributed by atoms with van der Waals surface area (Å²) < 4.78 is 7.32. The van der Waals surface area contributed by atoms with Gasteiger partial charge in [-0.3, -0.25) is 4.79 Å². The van der Waals surface area contributed by atoms with Crippen molar-refractivity contribution in [2.45, 2.75) is 32.4 Å². The van der Waals surface area contributed by atoms with Gasteiger partial charge in [-0.1, -0.05) is 18.2 Å². The molecule has 108 valence electrons. The molecule has 5 heteroatoms. The molecule has 2 aliphatic rings. The van der Waals surface area contributed by atoms with Crippen LogP contribution in [0.2, 0.25) is 0 Å². The lowest BCUT2D eigenvalue weighted by atomic mass is 10.1. The topological polar surface area (TPSA) is 47.4 Å². The zero-order valence-electron chi connectivity index (χ0n) is 12.0. The molecule has 0 saturated heterocycles. The minimum atomic E-state index is -0.0436. The molecule has 0 saturated carbocycles. The monoisotopic (exact) mass is 283 g/mol. The quantitative estimate of drug-likeness (QED) is 0.806. The maximum Gasteiger partial charge on any atom is 0.279 e. The van der Waals surface area contributed by atoms with Crippen molar-refractivity contribution in [3.8, 4) is 5.88 Å². The molecule has 4 rings (SSSR count). The Balaban J connectivity index is 1.70. The molecule has 0 unspecified atom stereocenters. The van der Waals surface area contributed by atoms with Gasteiger partial charge in [0.2, 0.25) is 5.88 Å². The van der Waals surface area contributed by atoms with Crippen molar-refractivity contribution >= 4 is 11.6 Å². The number of nitrogens with zero attached hydrogens (tertiary/aromatic N) is 3. The number of aromatic nitrogens is 2. The number of para-hydroxylation sites is 1. The number of hydrogen-bond acceptors (Lipinski definition) is 3. The predicted molar refractivity (Wildman–Crippen MR) is 78.8 cm³/mol. The van der Waals surface area contributed by atoms with Gasteiger partial charge in [0.25, 0.3) is 5.91 Å². The Bertz CT molecular complexity index is 684. The average molecular weight is 283 g/mol. The van der Waals surface area contributed by atoms with Gasteiger partial charge in [0.1, 0.15) is 0 Å². The first-order chi connectivity index (χ1) is 10.2. The molecule has 2 aliphatic heterocycles. The van der Waals surface area contributed by atoms with E-state index >= 15 is 0 Å². The van der Waals surface area contributed by atoms with Crippen LogP contribution in [-0.2, 0) is 13.0 Å². The van der Waals surface area contributed by atoms with Crippen LogP contribution in [0.4, 0.5) is 5.69 Å². The van der Waals surface area contributed by atoms with Crippen molar-refractivity contribution in [2.24, 2.45) is 0 Å². The van der Waals surface area contributed by atoms with Crippen LogP contribution in [-0.4, -0.2) is 28.3 Å². The van der Waals surface area contributed by atoms with Crippen LogP contribution in [0.25, 0.3) is 0 Å². The minimum absolute atomic E-state index is 0.0436. The van der Waals surface area contributed by atoms with Crippen LogP contribution >= 0.6 is 0 Å². The molecule has 2 aromatic rings. The van der Waals surface area contributed by atoms with E-state index in [2.05, 4.69) is 18.1 Å². The van der Waals surface area contributed by atoms with Gasteiger partial charge in [-0.15, -0.1) is 0 Å². The van der Waals surface area contributed by atoms with Gasteiger partial charge in [-0.2, -0.15) is 5.10 Å². The van der Waals surface area contributed by atoms with E-state index in [9.17, 15) is 4.79 Å². The highest BCUT2D eigenvalue weighted by atomic mass is 16.5. The smallest absolute Gasteiger partial charge is 0.279 e. The second-order valence-corrected chi connectivity index (χ2v) is 5.65. The maximum atomic E-state index is 12.8. The Morgan fingerprint density at radius 3 is 3.10 bits per heavy atom. The lowest BCUT2D eigenvalue weighted by molar-refractivity contribution is 0.0975. The second-order valence-electron chi connectivity index (χ2n) is 5.65. The van der Waals surface area contributed by atoms with Crippen molar-refractivity contribution in [2.75, 3.05) is 11.5 Å². The first-order valence-electron chi connectivity index (χ1n) is 7.36. The third-order valence-corrected chi connectivity index (χ3v) is 4.15. The van der Waals surface area contributed by atoms with Gasteiger partial charge < -0.3 is 9.64 Å². The van der Waals surface area contributed by atoms with Crippen LogP contribution in [0.1, 0.15) is 29.4 Å². The van der Waals surface area contributed by atoms with E-state index < -0.39 is 0 Å². The number of hydrogen-bond donors (Lipinski definition) is 0. The largest absolute Gasteiger partial charge is 0.478 e. The Morgan fingerprint density at radius 2 is 2.24 bits per heavy atom. The number of rotatable bonds is 1. The molecule has 5 nitrogen and oxygen atoms in total. The van der Waals surface area contributed by atoms with E-state index in [1.54, 1.807) is 10.7 Å². The molecule has 0 spiro atoms. The molecule has 1 aromatic heterocycles. The fraction of sp³-hybridized carbons (Fsp3) is 0.375. The van der Waals surface area contributed by atoms with E-state index in [0.717, 1.165) is 25.1 Å². The summed E-state index contributed by atoms with van der Waals surface area (Å²) in [7, 11) is 0. The first-order valence-corrected chi connectivity index (χ1v) is 7.36. The summed E-state index contributed by atoms with van der Waals surface area (Å²) in [6.45, 7) is 3.58. The van der Waals surface area contributed by atoms with E-state index in [0.29, 0.717) is 18.2 Å². The SMILES string of the molecule is C[C@H]1Cc2ccccc2N1C(=O)c1cc2n(n1)CCCO2. The molecule has 3 heterocycles. The average Bonchev–Trinajstić information content (AvgIpc) is 3.06. The predicted octanol–water partition coefficient (Wildman–Crippen LogP) is 2.26. The van der Waals surface area contributed by atoms with E-state index in [1.807, 2.05) is 23.1 Å². The summed E-state index contributed by atoms with van der Waals surface area (Å²) in [5.74, 6) is 0.655. The molecular weight excluding hydrogens is 266 g/mol. The van der Waals surface area contributed by atoms with Gasteiger partial charge in [-0.05, 0) is 25.0 Å². The van der Waals surface area contributed by atoms with Crippen LogP contribution < -0.4 is 9.64 Å². The van der Waals surface area contributed by atoms with Gasteiger partial charge in [-0.25, -0.2) is 4.68 Å². The van der Waals surface area contributed by atoms with Crippen LogP contribution in [0.15, 0.2) is 30.3 Å². The van der Waals surface area contributed by atoms with Crippen molar-refractivity contribution in [3.05, 3.63) is 41.6 Å². The highest BCUT2D eigenvalue weighted by molar-refractivity contribution is 6.06. The third-order valence-electron chi connectivity index (χ3n) is 4.15. The Kier molecular flexibility index (Phi) is 2.74. The second kappa shape index (κ2) is 4.62. The zero-order chi connectivity index (χ0) is 14.4. The normalized spacial score (nSPS) is 19.9. The summed E-state index contributed by atoms with van der Waals surface area (Å²) in [6, 6.07) is 9.99. The fourth-order valence-electron chi connectivity index (χ4n) is 3.17. The third kappa shape index (κ3) is 1.92. The van der Waals surface area contributed by atoms with Crippen LogP contribution in [0.5, 0.6) is 5.88 Å². The minimum Gasteiger partial charge on any atom is -0.478 e. The summed E-state index contributed by atoms with van der Waals surface area (Å²) in [5.41, 5.74) is 2.69. The first kappa shape index (κ1) is 12.4. The van der Waals surface area contributed by atoms with Crippen molar-refractivity contribution in [1.82, 2.24) is 9.78 Å². The lowest BCUT2D eigenvalue weighted by Crippen LogP contribution is -2.36.